The van der Waals surface area contributed by atoms with Crippen molar-refractivity contribution in [3.8, 4) is 0 Å². The van der Waals surface area contributed by atoms with Gasteiger partial charge in [-0.05, 0) is 61.0 Å². The molecule has 33 heavy (non-hydrogen) atoms. The third-order valence-corrected chi connectivity index (χ3v) is 6.88. The molecule has 1 aliphatic heterocycles. The van der Waals surface area contributed by atoms with Crippen LogP contribution in [0.15, 0.2) is 78.9 Å². The number of amides is 1. The fraction of sp³-hybridized carbons (Fsp3) is 0.296. The van der Waals surface area contributed by atoms with Crippen molar-refractivity contribution in [2.24, 2.45) is 5.73 Å². The number of hydrogen-bond donors (Lipinski definition) is 2. The van der Waals surface area contributed by atoms with Crippen LogP contribution in [0.2, 0.25) is 0 Å². The van der Waals surface area contributed by atoms with E-state index < -0.39 is 0 Å². The van der Waals surface area contributed by atoms with Gasteiger partial charge in [0.25, 0.3) is 5.91 Å². The van der Waals surface area contributed by atoms with Crippen molar-refractivity contribution >= 4 is 29.7 Å². The van der Waals surface area contributed by atoms with Crippen LogP contribution in [-0.2, 0) is 5.54 Å². The molecule has 2 atom stereocenters. The smallest absolute Gasteiger partial charge is 0.255 e. The molecule has 0 bridgehead atoms. The van der Waals surface area contributed by atoms with E-state index in [4.69, 9.17) is 5.73 Å². The predicted octanol–water partition coefficient (Wildman–Crippen LogP) is 4.45. The van der Waals surface area contributed by atoms with Gasteiger partial charge in [0.05, 0.1) is 0 Å². The fourth-order valence-corrected chi connectivity index (χ4v) is 4.65. The minimum Gasteiger partial charge on any atom is -0.369 e. The Bertz CT molecular complexity index is 1080. The lowest BCUT2D eigenvalue weighted by atomic mass is 9.99. The zero-order chi connectivity index (χ0) is 22.1. The van der Waals surface area contributed by atoms with Crippen molar-refractivity contribution in [2.45, 2.75) is 17.9 Å². The van der Waals surface area contributed by atoms with Gasteiger partial charge in [-0.15, -0.1) is 12.4 Å². The SMILES string of the molecule is CN1CCN(c2ccc(C(=O)Nc3ccc([C@@H]4C[C@@]4(N)c4ccccc4)cc3)cc2)CC1.Cl. The second-order valence-electron chi connectivity index (χ2n) is 9.08. The summed E-state index contributed by atoms with van der Waals surface area (Å²) in [6.45, 7) is 4.17. The summed E-state index contributed by atoms with van der Waals surface area (Å²) in [5.41, 5.74) is 11.4. The number of nitrogens with two attached hydrogens (primary N) is 1. The molecule has 1 aliphatic carbocycles. The van der Waals surface area contributed by atoms with Crippen molar-refractivity contribution in [3.63, 3.8) is 0 Å². The number of halogens is 1. The maximum Gasteiger partial charge on any atom is 0.255 e. The summed E-state index contributed by atoms with van der Waals surface area (Å²) < 4.78 is 0. The normalized spacial score (nSPS) is 22.4. The highest BCUT2D eigenvalue weighted by molar-refractivity contribution is 6.04. The largest absolute Gasteiger partial charge is 0.369 e. The number of hydrogen-bond acceptors (Lipinski definition) is 4. The maximum absolute atomic E-state index is 12.7. The lowest BCUT2D eigenvalue weighted by Gasteiger charge is -2.34. The van der Waals surface area contributed by atoms with Gasteiger partial charge in [-0.1, -0.05) is 42.5 Å². The maximum atomic E-state index is 12.7. The summed E-state index contributed by atoms with van der Waals surface area (Å²) in [4.78, 5) is 17.4. The molecule has 0 unspecified atom stereocenters. The van der Waals surface area contributed by atoms with Crippen molar-refractivity contribution in [1.29, 1.82) is 0 Å². The van der Waals surface area contributed by atoms with Crippen LogP contribution in [0.3, 0.4) is 0 Å². The number of benzene rings is 3. The van der Waals surface area contributed by atoms with Gasteiger partial charge in [-0.2, -0.15) is 0 Å². The van der Waals surface area contributed by atoms with Gasteiger partial charge in [0.1, 0.15) is 0 Å². The summed E-state index contributed by atoms with van der Waals surface area (Å²) in [7, 11) is 2.15. The van der Waals surface area contributed by atoms with Gasteiger partial charge in [0, 0.05) is 54.6 Å². The zero-order valence-corrected chi connectivity index (χ0v) is 19.7. The predicted molar refractivity (Wildman–Crippen MR) is 137 cm³/mol. The summed E-state index contributed by atoms with van der Waals surface area (Å²) in [6.07, 6.45) is 0.947. The van der Waals surface area contributed by atoms with Crippen LogP contribution in [0.4, 0.5) is 11.4 Å². The number of anilines is 2. The molecule has 3 aromatic carbocycles. The monoisotopic (exact) mass is 462 g/mol. The Morgan fingerprint density at radius 2 is 1.55 bits per heavy atom. The first kappa shape index (κ1) is 23.3. The van der Waals surface area contributed by atoms with Crippen molar-refractivity contribution in [1.82, 2.24) is 4.90 Å². The molecule has 3 N–H and O–H groups in total. The molecule has 5 nitrogen and oxygen atoms in total. The van der Waals surface area contributed by atoms with Gasteiger partial charge >= 0.3 is 0 Å². The third kappa shape index (κ3) is 4.91. The quantitative estimate of drug-likeness (QED) is 0.588. The van der Waals surface area contributed by atoms with Crippen LogP contribution in [0.1, 0.15) is 33.8 Å². The first-order valence-electron chi connectivity index (χ1n) is 11.3. The Morgan fingerprint density at radius 3 is 2.18 bits per heavy atom. The van der Waals surface area contributed by atoms with Crippen LogP contribution in [0, 0.1) is 0 Å². The highest BCUT2D eigenvalue weighted by atomic mass is 35.5. The van der Waals surface area contributed by atoms with Crippen LogP contribution >= 0.6 is 12.4 Å². The Morgan fingerprint density at radius 1 is 0.909 bits per heavy atom. The topological polar surface area (TPSA) is 61.6 Å². The number of piperazine rings is 1. The van der Waals surface area contributed by atoms with E-state index in [1.54, 1.807) is 0 Å². The van der Waals surface area contributed by atoms with E-state index in [9.17, 15) is 4.79 Å². The molecule has 2 fully saturated rings. The highest BCUT2D eigenvalue weighted by Gasteiger charge is 2.52. The number of likely N-dealkylation sites (N-methyl/N-ethyl adjacent to an activating group) is 1. The minimum absolute atomic E-state index is 0. The van der Waals surface area contributed by atoms with E-state index in [0.29, 0.717) is 11.5 Å². The summed E-state index contributed by atoms with van der Waals surface area (Å²) >= 11 is 0. The Labute approximate surface area is 202 Å². The summed E-state index contributed by atoms with van der Waals surface area (Å²) in [5.74, 6) is 0.225. The van der Waals surface area contributed by atoms with Crippen LogP contribution in [-0.4, -0.2) is 44.0 Å². The second kappa shape index (κ2) is 9.56. The summed E-state index contributed by atoms with van der Waals surface area (Å²) in [6, 6.07) is 26.3. The number of carbonyl (C=O) groups excluding carboxylic acids is 1. The first-order valence-corrected chi connectivity index (χ1v) is 11.3. The van der Waals surface area contributed by atoms with E-state index in [1.807, 2.05) is 54.6 Å². The molecule has 0 aromatic heterocycles. The van der Waals surface area contributed by atoms with Crippen molar-refractivity contribution < 1.29 is 4.79 Å². The van der Waals surface area contributed by atoms with Gasteiger partial charge in [-0.3, -0.25) is 4.79 Å². The molecule has 1 heterocycles. The van der Waals surface area contributed by atoms with Crippen molar-refractivity contribution in [2.75, 3.05) is 43.4 Å². The molecule has 0 spiro atoms. The second-order valence-corrected chi connectivity index (χ2v) is 9.08. The molecule has 6 heteroatoms. The minimum atomic E-state index is -0.280. The highest BCUT2D eigenvalue weighted by Crippen LogP contribution is 2.56. The average Bonchev–Trinajstić information content (AvgIpc) is 3.53. The first-order chi connectivity index (χ1) is 15.5. The molecular weight excluding hydrogens is 432 g/mol. The summed E-state index contributed by atoms with van der Waals surface area (Å²) in [5, 5.41) is 3.01. The lowest BCUT2D eigenvalue weighted by molar-refractivity contribution is 0.102. The molecule has 1 saturated carbocycles. The van der Waals surface area contributed by atoms with E-state index >= 15 is 0 Å². The van der Waals surface area contributed by atoms with E-state index in [0.717, 1.165) is 38.3 Å². The molecular formula is C27H31ClN4O. The van der Waals surface area contributed by atoms with E-state index in [2.05, 4.69) is 46.4 Å². The van der Waals surface area contributed by atoms with Crippen molar-refractivity contribution in [3.05, 3.63) is 95.6 Å². The molecule has 172 valence electrons. The van der Waals surface area contributed by atoms with Gasteiger partial charge in [0.2, 0.25) is 0 Å². The molecule has 0 radical (unpaired) electrons. The third-order valence-electron chi connectivity index (χ3n) is 6.88. The standard InChI is InChI=1S/C27H30N4O.ClH/c1-30-15-17-31(18-16-30)24-13-9-21(10-14-24)26(32)29-23-11-7-20(8-12-23)25-19-27(25,28)22-5-3-2-4-6-22;/h2-14,25H,15-19,28H2,1H3,(H,29,32);1H/t25-,27+;/m0./s1. The number of carbonyl (C=O) groups is 1. The number of nitrogens with zero attached hydrogens (tertiary/aromatic N) is 2. The molecule has 3 aromatic rings. The fourth-order valence-electron chi connectivity index (χ4n) is 4.65. The Hall–Kier alpha value is -2.86. The Kier molecular flexibility index (Phi) is 6.75. The number of nitrogens with one attached hydrogen (secondary N) is 1. The average molecular weight is 463 g/mol. The van der Waals surface area contributed by atoms with Crippen LogP contribution < -0.4 is 16.0 Å². The molecule has 1 amide bonds. The molecule has 5 rings (SSSR count). The van der Waals surface area contributed by atoms with Gasteiger partial charge in [-0.25, -0.2) is 0 Å². The zero-order valence-electron chi connectivity index (χ0n) is 18.9. The number of rotatable bonds is 5. The molecule has 2 aliphatic rings. The van der Waals surface area contributed by atoms with Crippen LogP contribution in [0.5, 0.6) is 0 Å². The van der Waals surface area contributed by atoms with Crippen LogP contribution in [0.25, 0.3) is 0 Å². The lowest BCUT2D eigenvalue weighted by Crippen LogP contribution is -2.44. The van der Waals surface area contributed by atoms with E-state index in [-0.39, 0.29) is 23.9 Å². The van der Waals surface area contributed by atoms with Gasteiger partial charge < -0.3 is 20.9 Å². The van der Waals surface area contributed by atoms with Gasteiger partial charge in [0.15, 0.2) is 0 Å². The van der Waals surface area contributed by atoms with E-state index in [1.165, 1.54) is 16.8 Å². The molecule has 1 saturated heterocycles. The Balaban J connectivity index is 0.00000259.